The molecule has 0 amide bonds. The minimum Gasteiger partial charge on any atom is -0.344 e. The van der Waals surface area contributed by atoms with E-state index < -0.39 is 0 Å². The lowest BCUT2D eigenvalue weighted by atomic mass is 10.4. The Morgan fingerprint density at radius 1 is 1.40 bits per heavy atom. The van der Waals surface area contributed by atoms with E-state index in [-0.39, 0.29) is 0 Å². The van der Waals surface area contributed by atoms with Gasteiger partial charge in [-0.05, 0) is 25.1 Å². The summed E-state index contributed by atoms with van der Waals surface area (Å²) in [7, 11) is 0. The van der Waals surface area contributed by atoms with E-state index in [4.69, 9.17) is 0 Å². The van der Waals surface area contributed by atoms with Crippen LogP contribution in [0.15, 0.2) is 6.20 Å². The van der Waals surface area contributed by atoms with Gasteiger partial charge in [0.2, 0.25) is 0 Å². The zero-order valence-electron chi connectivity index (χ0n) is 9.68. The molecule has 0 saturated heterocycles. The number of H-pyrrole nitrogens is 1. The van der Waals surface area contributed by atoms with Crippen molar-refractivity contribution in [1.29, 1.82) is 0 Å². The second kappa shape index (κ2) is 7.77. The number of hydrogen-bond acceptors (Lipinski definition) is 3. The second-order valence-corrected chi connectivity index (χ2v) is 4.69. The zero-order chi connectivity index (χ0) is 10.9. The molecule has 0 aliphatic rings. The van der Waals surface area contributed by atoms with Crippen LogP contribution in [0.25, 0.3) is 0 Å². The number of thioether (sulfide) groups is 1. The van der Waals surface area contributed by atoms with Gasteiger partial charge in [0, 0.05) is 18.4 Å². The third-order valence-electron chi connectivity index (χ3n) is 2.01. The molecule has 0 bridgehead atoms. The maximum absolute atomic E-state index is 4.35. The van der Waals surface area contributed by atoms with E-state index in [0.29, 0.717) is 0 Å². The van der Waals surface area contributed by atoms with Crippen molar-refractivity contribution in [2.45, 2.75) is 39.0 Å². The number of aromatic amines is 1. The highest BCUT2D eigenvalue weighted by molar-refractivity contribution is 7.98. The quantitative estimate of drug-likeness (QED) is 0.671. The molecule has 0 fully saturated rings. The number of aromatic nitrogens is 2. The van der Waals surface area contributed by atoms with E-state index in [1.54, 1.807) is 0 Å². The smallest absolute Gasteiger partial charge is 0.116 e. The first-order valence-electron chi connectivity index (χ1n) is 5.68. The topological polar surface area (TPSA) is 40.7 Å². The number of rotatable bonds is 8. The highest BCUT2D eigenvalue weighted by Crippen LogP contribution is 2.10. The average molecular weight is 227 g/mol. The predicted molar refractivity (Wildman–Crippen MR) is 67.0 cm³/mol. The van der Waals surface area contributed by atoms with E-state index in [2.05, 4.69) is 29.1 Å². The molecule has 0 saturated carbocycles. The summed E-state index contributed by atoms with van der Waals surface area (Å²) in [5, 5.41) is 3.35. The first-order valence-corrected chi connectivity index (χ1v) is 6.83. The van der Waals surface area contributed by atoms with Crippen molar-refractivity contribution in [3.05, 3.63) is 17.7 Å². The monoisotopic (exact) mass is 227 g/mol. The Kier molecular flexibility index (Phi) is 6.52. The molecule has 0 spiro atoms. The third-order valence-corrected chi connectivity index (χ3v) is 3.19. The first-order chi connectivity index (χ1) is 7.36. The minimum absolute atomic E-state index is 0.902. The summed E-state index contributed by atoms with van der Waals surface area (Å²) in [6.45, 7) is 6.35. The fourth-order valence-corrected chi connectivity index (χ4v) is 2.05. The summed E-state index contributed by atoms with van der Waals surface area (Å²) < 4.78 is 0. The Hall–Kier alpha value is -0.480. The van der Waals surface area contributed by atoms with Gasteiger partial charge in [-0.15, -0.1) is 0 Å². The van der Waals surface area contributed by atoms with Crippen LogP contribution < -0.4 is 5.32 Å². The van der Waals surface area contributed by atoms with Gasteiger partial charge >= 0.3 is 0 Å². The standard InChI is InChI=1S/C11H21N3S/c1-3-5-12-7-10-8-13-11(14-10)9-15-6-4-2/h8,12H,3-7,9H2,1-2H3,(H,13,14). The molecule has 1 aromatic heterocycles. The number of hydrogen-bond donors (Lipinski definition) is 2. The maximum atomic E-state index is 4.35. The summed E-state index contributed by atoms with van der Waals surface area (Å²) >= 11 is 1.93. The number of imidazole rings is 1. The van der Waals surface area contributed by atoms with E-state index in [1.165, 1.54) is 24.3 Å². The van der Waals surface area contributed by atoms with Crippen LogP contribution in [0.4, 0.5) is 0 Å². The van der Waals surface area contributed by atoms with Crippen LogP contribution in [0.3, 0.4) is 0 Å². The van der Waals surface area contributed by atoms with Crippen molar-refractivity contribution < 1.29 is 0 Å². The first kappa shape index (κ1) is 12.6. The molecule has 2 N–H and O–H groups in total. The molecule has 0 radical (unpaired) electrons. The van der Waals surface area contributed by atoms with Crippen molar-refractivity contribution in [3.63, 3.8) is 0 Å². The van der Waals surface area contributed by atoms with Gasteiger partial charge < -0.3 is 10.3 Å². The largest absolute Gasteiger partial charge is 0.344 e. The number of nitrogens with one attached hydrogen (secondary N) is 2. The second-order valence-electron chi connectivity index (χ2n) is 3.58. The Balaban J connectivity index is 2.23. The van der Waals surface area contributed by atoms with E-state index in [9.17, 15) is 0 Å². The van der Waals surface area contributed by atoms with Gasteiger partial charge in [0.15, 0.2) is 0 Å². The minimum atomic E-state index is 0.902. The molecule has 3 nitrogen and oxygen atoms in total. The number of nitrogens with zero attached hydrogens (tertiary/aromatic N) is 1. The average Bonchev–Trinajstić information content (AvgIpc) is 2.67. The summed E-state index contributed by atoms with van der Waals surface area (Å²) in [5.41, 5.74) is 1.19. The summed E-state index contributed by atoms with van der Waals surface area (Å²) in [6, 6.07) is 0. The molecule has 0 aliphatic carbocycles. The van der Waals surface area contributed by atoms with E-state index >= 15 is 0 Å². The van der Waals surface area contributed by atoms with Crippen LogP contribution in [0.5, 0.6) is 0 Å². The molecule has 1 heterocycles. The van der Waals surface area contributed by atoms with Gasteiger partial charge in [0.1, 0.15) is 5.82 Å². The summed E-state index contributed by atoms with van der Waals surface area (Å²) in [6.07, 6.45) is 4.34. The Bertz CT molecular complexity index is 236. The fraction of sp³-hybridized carbons (Fsp3) is 0.727. The van der Waals surface area contributed by atoms with Gasteiger partial charge in [0.25, 0.3) is 0 Å². The molecular weight excluding hydrogens is 206 g/mol. The van der Waals surface area contributed by atoms with Gasteiger partial charge in [-0.3, -0.25) is 0 Å². The summed E-state index contributed by atoms with van der Waals surface area (Å²) in [5.74, 6) is 3.31. The molecule has 4 heteroatoms. The predicted octanol–water partition coefficient (Wildman–Crippen LogP) is 2.55. The van der Waals surface area contributed by atoms with Gasteiger partial charge in [-0.1, -0.05) is 13.8 Å². The molecule has 0 aromatic carbocycles. The highest BCUT2D eigenvalue weighted by Gasteiger charge is 1.99. The molecule has 86 valence electrons. The van der Waals surface area contributed by atoms with Crippen LogP contribution in [0.2, 0.25) is 0 Å². The lowest BCUT2D eigenvalue weighted by Crippen LogP contribution is -2.13. The maximum Gasteiger partial charge on any atom is 0.116 e. The molecule has 0 unspecified atom stereocenters. The van der Waals surface area contributed by atoms with Crippen molar-refractivity contribution in [2.24, 2.45) is 0 Å². The van der Waals surface area contributed by atoms with Crippen LogP contribution in [0.1, 0.15) is 38.2 Å². The Morgan fingerprint density at radius 3 is 3.00 bits per heavy atom. The van der Waals surface area contributed by atoms with Crippen LogP contribution in [-0.4, -0.2) is 22.3 Å². The van der Waals surface area contributed by atoms with Crippen molar-refractivity contribution in [3.8, 4) is 0 Å². The van der Waals surface area contributed by atoms with Crippen molar-refractivity contribution in [2.75, 3.05) is 12.3 Å². The molecule has 1 aromatic rings. The van der Waals surface area contributed by atoms with E-state index in [0.717, 1.165) is 24.7 Å². The van der Waals surface area contributed by atoms with E-state index in [1.807, 2.05) is 18.0 Å². The van der Waals surface area contributed by atoms with Crippen molar-refractivity contribution in [1.82, 2.24) is 15.3 Å². The summed E-state index contributed by atoms with van der Waals surface area (Å²) in [4.78, 5) is 7.69. The van der Waals surface area contributed by atoms with Gasteiger partial charge in [0.05, 0.1) is 5.75 Å². The molecule has 1 rings (SSSR count). The van der Waals surface area contributed by atoms with Gasteiger partial charge in [-0.25, -0.2) is 4.98 Å². The molecular formula is C11H21N3S. The molecule has 0 atom stereocenters. The normalized spacial score (nSPS) is 10.8. The Morgan fingerprint density at radius 2 is 2.27 bits per heavy atom. The van der Waals surface area contributed by atoms with Crippen LogP contribution in [0, 0.1) is 0 Å². The van der Waals surface area contributed by atoms with Crippen LogP contribution in [-0.2, 0) is 12.3 Å². The molecule has 15 heavy (non-hydrogen) atoms. The highest BCUT2D eigenvalue weighted by atomic mass is 32.2. The third kappa shape index (κ3) is 5.23. The van der Waals surface area contributed by atoms with Crippen LogP contribution >= 0.6 is 11.8 Å². The lowest BCUT2D eigenvalue weighted by molar-refractivity contribution is 0.666. The SMILES string of the molecule is CCCNCc1cnc(CSCCC)[nH]1. The zero-order valence-corrected chi connectivity index (χ0v) is 10.5. The lowest BCUT2D eigenvalue weighted by Gasteiger charge is -1.99. The molecule has 0 aliphatic heterocycles. The van der Waals surface area contributed by atoms with Crippen molar-refractivity contribution >= 4 is 11.8 Å². The van der Waals surface area contributed by atoms with Gasteiger partial charge in [-0.2, -0.15) is 11.8 Å². The fourth-order valence-electron chi connectivity index (χ4n) is 1.28. The Labute approximate surface area is 96.5 Å².